The molecule has 0 saturated carbocycles. The van der Waals surface area contributed by atoms with Gasteiger partial charge in [-0.05, 0) is 6.92 Å². The molecule has 0 radical (unpaired) electrons. The molecule has 0 fully saturated rings. The Bertz CT molecular complexity index is 306. The van der Waals surface area contributed by atoms with Gasteiger partial charge in [0.1, 0.15) is 0 Å². The third kappa shape index (κ3) is 2.28. The molecule has 4 heteroatoms. The van der Waals surface area contributed by atoms with Gasteiger partial charge in [-0.25, -0.2) is 4.98 Å². The topological polar surface area (TPSA) is 50.2 Å². The third-order valence-corrected chi connectivity index (χ3v) is 3.31. The summed E-state index contributed by atoms with van der Waals surface area (Å²) in [5.41, 5.74) is 0. The van der Waals surface area contributed by atoms with Gasteiger partial charge in [0.2, 0.25) is 0 Å². The summed E-state index contributed by atoms with van der Waals surface area (Å²) in [6.45, 7) is 5.78. The van der Waals surface area contributed by atoms with Crippen LogP contribution in [0.25, 0.3) is 0 Å². The maximum Gasteiger partial charge on any atom is 0.311 e. The number of rotatable bonds is 3. The van der Waals surface area contributed by atoms with Gasteiger partial charge in [-0.1, -0.05) is 13.8 Å². The first-order chi connectivity index (χ1) is 6.02. The number of thiazole rings is 1. The predicted octanol–water partition coefficient (Wildman–Crippen LogP) is 2.45. The minimum atomic E-state index is -0.793. The van der Waals surface area contributed by atoms with Crippen LogP contribution in [0.5, 0.6) is 0 Å². The fourth-order valence-corrected chi connectivity index (χ4v) is 1.86. The second kappa shape index (κ2) is 3.87. The fourth-order valence-electron chi connectivity index (χ4n) is 0.890. The fraction of sp³-hybridized carbons (Fsp3) is 0.556. The Morgan fingerprint density at radius 3 is 2.54 bits per heavy atom. The predicted molar refractivity (Wildman–Crippen MR) is 52.3 cm³/mol. The van der Waals surface area contributed by atoms with Crippen LogP contribution in [0.3, 0.4) is 0 Å². The number of aliphatic carboxylic acids is 1. The Morgan fingerprint density at radius 1 is 1.54 bits per heavy atom. The van der Waals surface area contributed by atoms with Gasteiger partial charge in [-0.2, -0.15) is 0 Å². The largest absolute Gasteiger partial charge is 0.481 e. The highest BCUT2D eigenvalue weighted by Crippen LogP contribution is 2.26. The van der Waals surface area contributed by atoms with Gasteiger partial charge in [0.05, 0.1) is 10.9 Å². The molecule has 0 aliphatic carbocycles. The van der Waals surface area contributed by atoms with Crippen molar-refractivity contribution in [2.45, 2.75) is 32.6 Å². The zero-order valence-corrected chi connectivity index (χ0v) is 8.76. The number of carbonyl (C=O) groups is 1. The van der Waals surface area contributed by atoms with Crippen LogP contribution in [-0.4, -0.2) is 16.1 Å². The van der Waals surface area contributed by atoms with Crippen molar-refractivity contribution in [1.29, 1.82) is 0 Å². The van der Waals surface area contributed by atoms with E-state index in [1.807, 2.05) is 13.8 Å². The van der Waals surface area contributed by atoms with Gasteiger partial charge >= 0.3 is 5.97 Å². The minimum Gasteiger partial charge on any atom is -0.481 e. The average molecular weight is 199 g/mol. The molecule has 0 aliphatic rings. The molecule has 1 aromatic heterocycles. The van der Waals surface area contributed by atoms with Crippen LogP contribution < -0.4 is 0 Å². The average Bonchev–Trinajstić information content (AvgIpc) is 2.50. The highest BCUT2D eigenvalue weighted by Gasteiger charge is 2.17. The van der Waals surface area contributed by atoms with Crippen LogP contribution in [0.2, 0.25) is 0 Å². The maximum atomic E-state index is 10.7. The Balaban J connectivity index is 2.85. The van der Waals surface area contributed by atoms with Crippen molar-refractivity contribution in [2.24, 2.45) is 0 Å². The highest BCUT2D eigenvalue weighted by atomic mass is 32.1. The first-order valence-corrected chi connectivity index (χ1v) is 5.02. The van der Waals surface area contributed by atoms with Crippen molar-refractivity contribution in [3.8, 4) is 0 Å². The van der Waals surface area contributed by atoms with Crippen molar-refractivity contribution in [2.75, 3.05) is 0 Å². The summed E-state index contributed by atoms with van der Waals surface area (Å²) in [6.07, 6.45) is 1.67. The van der Waals surface area contributed by atoms with E-state index >= 15 is 0 Å². The van der Waals surface area contributed by atoms with E-state index in [1.54, 1.807) is 13.1 Å². The number of nitrogens with zero attached hydrogens (tertiary/aromatic N) is 1. The molecule has 72 valence electrons. The molecule has 1 atom stereocenters. The van der Waals surface area contributed by atoms with E-state index in [1.165, 1.54) is 11.3 Å². The van der Waals surface area contributed by atoms with E-state index < -0.39 is 11.9 Å². The van der Waals surface area contributed by atoms with Gasteiger partial charge in [-0.15, -0.1) is 11.3 Å². The molecule has 1 aromatic rings. The summed E-state index contributed by atoms with van der Waals surface area (Å²) >= 11 is 1.49. The molecular weight excluding hydrogens is 186 g/mol. The number of hydrogen-bond acceptors (Lipinski definition) is 3. The number of aromatic nitrogens is 1. The summed E-state index contributed by atoms with van der Waals surface area (Å²) < 4.78 is 0. The smallest absolute Gasteiger partial charge is 0.311 e. The van der Waals surface area contributed by atoms with E-state index in [2.05, 4.69) is 4.98 Å². The van der Waals surface area contributed by atoms with Gasteiger partial charge in [0.25, 0.3) is 0 Å². The van der Waals surface area contributed by atoms with E-state index in [0.717, 1.165) is 9.88 Å². The van der Waals surface area contributed by atoms with E-state index in [-0.39, 0.29) is 0 Å². The molecule has 0 bridgehead atoms. The SMILES string of the molecule is CC(C)c1ncc(C(C)C(=O)O)s1. The summed E-state index contributed by atoms with van der Waals surface area (Å²) in [7, 11) is 0. The van der Waals surface area contributed by atoms with E-state index in [0.29, 0.717) is 5.92 Å². The molecule has 13 heavy (non-hydrogen) atoms. The lowest BCUT2D eigenvalue weighted by atomic mass is 10.2. The Morgan fingerprint density at radius 2 is 2.15 bits per heavy atom. The summed E-state index contributed by atoms with van der Waals surface area (Å²) in [4.78, 5) is 15.7. The second-order valence-electron chi connectivity index (χ2n) is 3.32. The van der Waals surface area contributed by atoms with Crippen molar-refractivity contribution in [3.63, 3.8) is 0 Å². The van der Waals surface area contributed by atoms with Gasteiger partial charge in [0, 0.05) is 17.0 Å². The van der Waals surface area contributed by atoms with E-state index in [4.69, 9.17) is 5.11 Å². The molecule has 1 rings (SSSR count). The van der Waals surface area contributed by atoms with Crippen LogP contribution in [0, 0.1) is 0 Å². The number of carboxylic acid groups (broad SMARTS) is 1. The first-order valence-electron chi connectivity index (χ1n) is 4.20. The monoisotopic (exact) mass is 199 g/mol. The summed E-state index contributed by atoms with van der Waals surface area (Å²) in [6, 6.07) is 0. The van der Waals surface area contributed by atoms with Gasteiger partial charge in [0.15, 0.2) is 0 Å². The lowest BCUT2D eigenvalue weighted by Crippen LogP contribution is -2.05. The van der Waals surface area contributed by atoms with Crippen molar-refractivity contribution < 1.29 is 9.90 Å². The van der Waals surface area contributed by atoms with Crippen LogP contribution >= 0.6 is 11.3 Å². The van der Waals surface area contributed by atoms with Crippen molar-refractivity contribution in [1.82, 2.24) is 4.98 Å². The highest BCUT2D eigenvalue weighted by molar-refractivity contribution is 7.11. The van der Waals surface area contributed by atoms with Crippen molar-refractivity contribution >= 4 is 17.3 Å². The van der Waals surface area contributed by atoms with E-state index in [9.17, 15) is 4.79 Å². The molecule has 0 aromatic carbocycles. The molecule has 0 aliphatic heterocycles. The Kier molecular flexibility index (Phi) is 3.03. The van der Waals surface area contributed by atoms with Crippen molar-refractivity contribution in [3.05, 3.63) is 16.1 Å². The molecule has 0 saturated heterocycles. The molecule has 1 heterocycles. The molecule has 1 N–H and O–H groups in total. The third-order valence-electron chi connectivity index (χ3n) is 1.83. The van der Waals surface area contributed by atoms with Crippen LogP contribution in [-0.2, 0) is 4.79 Å². The molecular formula is C9H13NO2S. The molecule has 1 unspecified atom stereocenters. The first kappa shape index (κ1) is 10.2. The molecule has 0 amide bonds. The summed E-state index contributed by atoms with van der Waals surface area (Å²) in [5, 5.41) is 9.77. The Labute approximate surface area is 81.4 Å². The number of hydrogen-bond donors (Lipinski definition) is 1. The molecule has 3 nitrogen and oxygen atoms in total. The Hall–Kier alpha value is -0.900. The van der Waals surface area contributed by atoms with Crippen LogP contribution in [0.1, 0.15) is 42.5 Å². The zero-order valence-electron chi connectivity index (χ0n) is 7.94. The quantitative estimate of drug-likeness (QED) is 0.813. The molecule has 0 spiro atoms. The zero-order chi connectivity index (χ0) is 10.0. The minimum absolute atomic E-state index is 0.375. The number of carboxylic acids is 1. The lowest BCUT2D eigenvalue weighted by molar-refractivity contribution is -0.138. The van der Waals surface area contributed by atoms with Gasteiger partial charge in [-0.3, -0.25) is 4.79 Å². The lowest BCUT2D eigenvalue weighted by Gasteiger charge is -2.00. The summed E-state index contributed by atoms with van der Waals surface area (Å²) in [5.74, 6) is -0.858. The second-order valence-corrected chi connectivity index (χ2v) is 4.41. The maximum absolute atomic E-state index is 10.7. The van der Waals surface area contributed by atoms with Crippen LogP contribution in [0.4, 0.5) is 0 Å². The normalized spacial score (nSPS) is 13.2. The standard InChI is InChI=1S/C9H13NO2S/c1-5(2)8-10-4-7(13-8)6(3)9(11)12/h4-6H,1-3H3,(H,11,12). The van der Waals surface area contributed by atoms with Crippen LogP contribution in [0.15, 0.2) is 6.20 Å². The van der Waals surface area contributed by atoms with Gasteiger partial charge < -0.3 is 5.11 Å².